The molecule has 0 aliphatic heterocycles. The zero-order chi connectivity index (χ0) is 9.42. The van der Waals surface area contributed by atoms with Gasteiger partial charge in [-0.05, 0) is 17.7 Å². The third-order valence-electron chi connectivity index (χ3n) is 1.92. The number of aliphatic hydroxyl groups is 1. The van der Waals surface area contributed by atoms with Gasteiger partial charge in [-0.25, -0.2) is 0 Å². The monoisotopic (exact) mass is 211 g/mol. The molecule has 2 aromatic rings. The van der Waals surface area contributed by atoms with Crippen LogP contribution in [0.15, 0.2) is 22.4 Å². The minimum Gasteiger partial charge on any atom is -0.398 e. The Balaban J connectivity index is 2.80. The van der Waals surface area contributed by atoms with Gasteiger partial charge in [-0.15, -0.1) is 24.0 Å². The van der Waals surface area contributed by atoms with Crippen molar-refractivity contribution in [2.75, 3.05) is 5.73 Å². The van der Waals surface area contributed by atoms with Crippen molar-refractivity contribution in [1.29, 1.82) is 0 Å². The van der Waals surface area contributed by atoms with Gasteiger partial charge in [-0.1, -0.05) is 0 Å². The van der Waals surface area contributed by atoms with Gasteiger partial charge in [0.1, 0.15) is 0 Å². The molecule has 68 valence electrons. The molecule has 13 heavy (non-hydrogen) atoms. The Labute approximate surface area is 85.4 Å². The number of nitrogen functional groups attached to an aromatic ring is 1. The topological polar surface area (TPSA) is 46.2 Å². The Bertz CT molecular complexity index is 450. The van der Waals surface area contributed by atoms with Crippen LogP contribution in [0.3, 0.4) is 0 Å². The zero-order valence-corrected chi connectivity index (χ0v) is 8.53. The molecule has 0 fully saturated rings. The maximum atomic E-state index is 8.97. The van der Waals surface area contributed by atoms with Crippen molar-refractivity contribution in [3.63, 3.8) is 0 Å². The summed E-state index contributed by atoms with van der Waals surface area (Å²) in [5.41, 5.74) is 7.36. The van der Waals surface area contributed by atoms with Gasteiger partial charge in [0.15, 0.2) is 0 Å². The third-order valence-corrected chi connectivity index (χ3v) is 3.51. The summed E-state index contributed by atoms with van der Waals surface area (Å²) in [4.78, 5) is 0.919. The summed E-state index contributed by atoms with van der Waals surface area (Å²) >= 11 is 5.88. The van der Waals surface area contributed by atoms with E-state index >= 15 is 0 Å². The molecule has 0 bridgehead atoms. The highest BCUT2D eigenvalue weighted by Gasteiger charge is 2.05. The average Bonchev–Trinajstić information content (AvgIpc) is 2.48. The molecule has 0 aliphatic rings. The van der Waals surface area contributed by atoms with E-state index in [1.165, 1.54) is 0 Å². The second-order valence-corrected chi connectivity index (χ2v) is 4.20. The van der Waals surface area contributed by atoms with Crippen LogP contribution in [-0.4, -0.2) is 5.11 Å². The molecule has 1 aromatic carbocycles. The van der Waals surface area contributed by atoms with Gasteiger partial charge in [0, 0.05) is 21.3 Å². The zero-order valence-electron chi connectivity index (χ0n) is 6.82. The smallest absolute Gasteiger partial charge is 0.0682 e. The maximum absolute atomic E-state index is 8.97. The van der Waals surface area contributed by atoms with Crippen LogP contribution in [0, 0.1) is 0 Å². The molecule has 2 rings (SSSR count). The summed E-state index contributed by atoms with van der Waals surface area (Å²) in [6.45, 7) is 0.0171. The molecule has 1 aromatic heterocycles. The fraction of sp³-hybridized carbons (Fsp3) is 0.111. The summed E-state index contributed by atoms with van der Waals surface area (Å²) in [7, 11) is 0. The number of fused-ring (bicyclic) bond motifs is 1. The molecule has 4 heteroatoms. The number of anilines is 1. The van der Waals surface area contributed by atoms with Crippen molar-refractivity contribution in [2.45, 2.75) is 11.5 Å². The van der Waals surface area contributed by atoms with Crippen LogP contribution >= 0.6 is 24.0 Å². The van der Waals surface area contributed by atoms with Crippen LogP contribution in [0.5, 0.6) is 0 Å². The van der Waals surface area contributed by atoms with Crippen LogP contribution in [0.1, 0.15) is 5.56 Å². The van der Waals surface area contributed by atoms with Crippen molar-refractivity contribution >= 4 is 39.7 Å². The normalized spacial score (nSPS) is 10.9. The standard InChI is InChI=1S/C9H9NOS2/c10-7-2-5(3-11)1-6-8(12)4-13-9(6)7/h1-2,4,11-12H,3,10H2. The molecule has 0 saturated heterocycles. The van der Waals surface area contributed by atoms with Crippen molar-refractivity contribution < 1.29 is 5.11 Å². The first-order valence-electron chi connectivity index (χ1n) is 3.82. The molecule has 0 radical (unpaired) electrons. The van der Waals surface area contributed by atoms with Crippen LogP contribution in [-0.2, 0) is 6.61 Å². The fourth-order valence-electron chi connectivity index (χ4n) is 1.30. The van der Waals surface area contributed by atoms with E-state index in [2.05, 4.69) is 12.6 Å². The third kappa shape index (κ3) is 1.41. The van der Waals surface area contributed by atoms with Gasteiger partial charge in [0.2, 0.25) is 0 Å². The second-order valence-electron chi connectivity index (χ2n) is 2.84. The van der Waals surface area contributed by atoms with Gasteiger partial charge in [-0.3, -0.25) is 0 Å². The van der Waals surface area contributed by atoms with Crippen LogP contribution in [0.4, 0.5) is 5.69 Å². The minimum absolute atomic E-state index is 0.0171. The number of thiophene rings is 1. The summed E-state index contributed by atoms with van der Waals surface area (Å²) in [6.07, 6.45) is 0. The van der Waals surface area contributed by atoms with E-state index in [1.54, 1.807) is 17.4 Å². The molecule has 3 N–H and O–H groups in total. The lowest BCUT2D eigenvalue weighted by molar-refractivity contribution is 0.282. The first-order valence-corrected chi connectivity index (χ1v) is 5.14. The van der Waals surface area contributed by atoms with E-state index in [1.807, 2.05) is 11.4 Å². The van der Waals surface area contributed by atoms with Gasteiger partial charge in [-0.2, -0.15) is 0 Å². The number of hydrogen-bond donors (Lipinski definition) is 3. The number of thiol groups is 1. The predicted molar refractivity (Wildman–Crippen MR) is 59.4 cm³/mol. The summed E-state index contributed by atoms with van der Waals surface area (Å²) < 4.78 is 1.04. The number of benzene rings is 1. The Morgan fingerprint density at radius 3 is 2.92 bits per heavy atom. The first kappa shape index (κ1) is 8.87. The molecule has 2 nitrogen and oxygen atoms in total. The van der Waals surface area contributed by atoms with E-state index < -0.39 is 0 Å². The Morgan fingerprint density at radius 2 is 2.23 bits per heavy atom. The Hall–Kier alpha value is -0.710. The highest BCUT2D eigenvalue weighted by atomic mass is 32.1. The minimum atomic E-state index is 0.0171. The second kappa shape index (κ2) is 3.21. The molecule has 0 unspecified atom stereocenters. The fourth-order valence-corrected chi connectivity index (χ4v) is 2.56. The number of rotatable bonds is 1. The van der Waals surface area contributed by atoms with E-state index in [0.29, 0.717) is 5.69 Å². The van der Waals surface area contributed by atoms with Gasteiger partial charge in [0.25, 0.3) is 0 Å². The first-order chi connectivity index (χ1) is 6.22. The molecule has 0 amide bonds. The van der Waals surface area contributed by atoms with Crippen molar-refractivity contribution in [3.05, 3.63) is 23.1 Å². The largest absolute Gasteiger partial charge is 0.398 e. The Kier molecular flexibility index (Phi) is 2.19. The number of nitrogens with two attached hydrogens (primary N) is 1. The van der Waals surface area contributed by atoms with Crippen LogP contribution in [0.25, 0.3) is 10.1 Å². The van der Waals surface area contributed by atoms with E-state index in [0.717, 1.165) is 20.5 Å². The molecule has 0 aliphatic carbocycles. The lowest BCUT2D eigenvalue weighted by Crippen LogP contribution is -1.89. The van der Waals surface area contributed by atoms with E-state index in [9.17, 15) is 0 Å². The quantitative estimate of drug-likeness (QED) is 0.500. The van der Waals surface area contributed by atoms with Crippen LogP contribution in [0.2, 0.25) is 0 Å². The van der Waals surface area contributed by atoms with Gasteiger partial charge >= 0.3 is 0 Å². The summed E-state index contributed by atoms with van der Waals surface area (Å²) in [5, 5.41) is 11.9. The molecule has 0 spiro atoms. The highest BCUT2D eigenvalue weighted by molar-refractivity contribution is 7.80. The van der Waals surface area contributed by atoms with Crippen molar-refractivity contribution in [3.8, 4) is 0 Å². The Morgan fingerprint density at radius 1 is 1.46 bits per heavy atom. The predicted octanol–water partition coefficient (Wildman–Crippen LogP) is 2.26. The summed E-state index contributed by atoms with van der Waals surface area (Å²) in [5.74, 6) is 0. The summed E-state index contributed by atoms with van der Waals surface area (Å²) in [6, 6.07) is 3.72. The molecule has 1 heterocycles. The number of hydrogen-bond acceptors (Lipinski definition) is 4. The van der Waals surface area contributed by atoms with E-state index in [-0.39, 0.29) is 6.61 Å². The van der Waals surface area contributed by atoms with E-state index in [4.69, 9.17) is 10.8 Å². The lowest BCUT2D eigenvalue weighted by atomic mass is 10.1. The SMILES string of the molecule is Nc1cc(CO)cc2c(S)csc12. The molecule has 0 atom stereocenters. The number of aliphatic hydroxyl groups excluding tert-OH is 1. The van der Waals surface area contributed by atoms with Gasteiger partial charge < -0.3 is 10.8 Å². The average molecular weight is 211 g/mol. The molecule has 0 saturated carbocycles. The highest BCUT2D eigenvalue weighted by Crippen LogP contribution is 2.33. The van der Waals surface area contributed by atoms with Gasteiger partial charge in [0.05, 0.1) is 11.3 Å². The lowest BCUT2D eigenvalue weighted by Gasteiger charge is -2.00. The van der Waals surface area contributed by atoms with Crippen LogP contribution < -0.4 is 5.73 Å². The molecular weight excluding hydrogens is 202 g/mol. The molecular formula is C9H9NOS2. The van der Waals surface area contributed by atoms with Crippen molar-refractivity contribution in [1.82, 2.24) is 0 Å². The van der Waals surface area contributed by atoms with Crippen molar-refractivity contribution in [2.24, 2.45) is 0 Å². The maximum Gasteiger partial charge on any atom is 0.0682 e.